The number of hydrogen-bond acceptors (Lipinski definition) is 4. The van der Waals surface area contributed by atoms with E-state index in [9.17, 15) is 4.79 Å². The van der Waals surface area contributed by atoms with Crippen molar-refractivity contribution in [1.82, 2.24) is 14.8 Å². The van der Waals surface area contributed by atoms with Gasteiger partial charge in [-0.25, -0.2) is 0 Å². The summed E-state index contributed by atoms with van der Waals surface area (Å²) >= 11 is 0. The quantitative estimate of drug-likeness (QED) is 0.840. The van der Waals surface area contributed by atoms with Crippen LogP contribution in [0, 0.1) is 0 Å². The van der Waals surface area contributed by atoms with Crippen LogP contribution >= 0.6 is 0 Å². The predicted octanol–water partition coefficient (Wildman–Crippen LogP) is 2.50. The molecule has 2 aromatic rings. The van der Waals surface area contributed by atoms with Crippen molar-refractivity contribution in [3.8, 4) is 0 Å². The Morgan fingerprint density at radius 1 is 1.12 bits per heavy atom. The number of carbonyl (C=O) groups is 1. The summed E-state index contributed by atoms with van der Waals surface area (Å²) in [5.41, 5.74) is 2.86. The number of rotatable bonds is 5. The van der Waals surface area contributed by atoms with Crippen molar-refractivity contribution in [2.45, 2.75) is 13.5 Å². The van der Waals surface area contributed by atoms with Gasteiger partial charge in [0.1, 0.15) is 0 Å². The molecule has 132 valence electrons. The van der Waals surface area contributed by atoms with Gasteiger partial charge in [0.05, 0.1) is 17.4 Å². The number of benzene rings is 1. The normalized spacial score (nSPS) is 15.2. The van der Waals surface area contributed by atoms with Gasteiger partial charge in [-0.15, -0.1) is 0 Å². The molecule has 1 aromatic heterocycles. The highest BCUT2D eigenvalue weighted by atomic mass is 16.2. The van der Waals surface area contributed by atoms with Gasteiger partial charge in [0.25, 0.3) is 5.91 Å². The molecule has 0 aliphatic carbocycles. The highest BCUT2D eigenvalue weighted by Gasteiger charge is 2.22. The second kappa shape index (κ2) is 8.12. The minimum Gasteiger partial charge on any atom is -0.369 e. The minimum absolute atomic E-state index is 0.0817. The lowest BCUT2D eigenvalue weighted by Gasteiger charge is -2.34. The summed E-state index contributed by atoms with van der Waals surface area (Å²) in [6, 6.07) is 12.3. The molecule has 3 rings (SSSR count). The lowest BCUT2D eigenvalue weighted by atomic mass is 10.2. The SMILES string of the molecule is CCN1CCN(C(=O)c2cncc(N(C)Cc3ccccc3)c2)CC1. The van der Waals surface area contributed by atoms with Crippen molar-refractivity contribution >= 4 is 11.6 Å². The third-order valence-corrected chi connectivity index (χ3v) is 4.78. The largest absolute Gasteiger partial charge is 0.369 e. The van der Waals surface area contributed by atoms with E-state index in [-0.39, 0.29) is 5.91 Å². The van der Waals surface area contributed by atoms with E-state index in [0.29, 0.717) is 5.56 Å². The monoisotopic (exact) mass is 338 g/mol. The summed E-state index contributed by atoms with van der Waals surface area (Å²) in [5, 5.41) is 0. The molecule has 2 heterocycles. The Hall–Kier alpha value is -2.40. The average molecular weight is 338 g/mol. The van der Waals surface area contributed by atoms with E-state index in [0.717, 1.165) is 45.0 Å². The Bertz CT molecular complexity index is 696. The molecule has 5 heteroatoms. The van der Waals surface area contributed by atoms with Crippen LogP contribution in [0.4, 0.5) is 5.69 Å². The molecule has 1 amide bonds. The number of piperazine rings is 1. The molecule has 1 aliphatic rings. The van der Waals surface area contributed by atoms with Gasteiger partial charge in [0.15, 0.2) is 0 Å². The van der Waals surface area contributed by atoms with E-state index in [2.05, 4.69) is 33.8 Å². The first-order valence-corrected chi connectivity index (χ1v) is 8.89. The maximum absolute atomic E-state index is 12.8. The minimum atomic E-state index is 0.0817. The van der Waals surface area contributed by atoms with Crippen molar-refractivity contribution in [3.63, 3.8) is 0 Å². The molecule has 5 nitrogen and oxygen atoms in total. The maximum Gasteiger partial charge on any atom is 0.255 e. The molecule has 0 atom stereocenters. The molecule has 25 heavy (non-hydrogen) atoms. The Labute approximate surface area is 149 Å². The van der Waals surface area contributed by atoms with Crippen molar-refractivity contribution in [2.75, 3.05) is 44.7 Å². The van der Waals surface area contributed by atoms with Crippen molar-refractivity contribution in [3.05, 3.63) is 59.9 Å². The fraction of sp³-hybridized carbons (Fsp3) is 0.400. The average Bonchev–Trinajstić information content (AvgIpc) is 2.68. The van der Waals surface area contributed by atoms with Gasteiger partial charge in [-0.3, -0.25) is 9.78 Å². The van der Waals surface area contributed by atoms with Crippen LogP contribution in [-0.2, 0) is 6.54 Å². The number of anilines is 1. The van der Waals surface area contributed by atoms with Gasteiger partial charge in [-0.05, 0) is 18.2 Å². The summed E-state index contributed by atoms with van der Waals surface area (Å²) in [4.78, 5) is 23.5. The molecule has 1 fully saturated rings. The number of pyridine rings is 1. The summed E-state index contributed by atoms with van der Waals surface area (Å²) in [5.74, 6) is 0.0817. The van der Waals surface area contributed by atoms with Crippen molar-refractivity contribution in [1.29, 1.82) is 0 Å². The summed E-state index contributed by atoms with van der Waals surface area (Å²) in [6.07, 6.45) is 3.49. The molecule has 1 aliphatic heterocycles. The Balaban J connectivity index is 1.67. The van der Waals surface area contributed by atoms with Gasteiger partial charge in [0, 0.05) is 46.0 Å². The van der Waals surface area contributed by atoms with Crippen LogP contribution in [0.15, 0.2) is 48.8 Å². The fourth-order valence-corrected chi connectivity index (χ4v) is 3.15. The van der Waals surface area contributed by atoms with Crippen LogP contribution in [0.3, 0.4) is 0 Å². The molecule has 0 bridgehead atoms. The maximum atomic E-state index is 12.8. The lowest BCUT2D eigenvalue weighted by Crippen LogP contribution is -2.48. The molecule has 0 N–H and O–H groups in total. The molecule has 0 saturated carbocycles. The first-order chi connectivity index (χ1) is 12.2. The molecule has 0 spiro atoms. The van der Waals surface area contributed by atoms with Crippen molar-refractivity contribution < 1.29 is 4.79 Å². The Morgan fingerprint density at radius 3 is 2.52 bits per heavy atom. The second-order valence-corrected chi connectivity index (χ2v) is 6.50. The predicted molar refractivity (Wildman–Crippen MR) is 101 cm³/mol. The smallest absolute Gasteiger partial charge is 0.255 e. The van der Waals surface area contributed by atoms with Gasteiger partial charge in [-0.1, -0.05) is 37.3 Å². The fourth-order valence-electron chi connectivity index (χ4n) is 3.15. The molecule has 0 unspecified atom stereocenters. The van der Waals surface area contributed by atoms with Gasteiger partial charge in [-0.2, -0.15) is 0 Å². The third kappa shape index (κ3) is 4.37. The first-order valence-electron chi connectivity index (χ1n) is 8.89. The Morgan fingerprint density at radius 2 is 1.84 bits per heavy atom. The molecule has 1 aromatic carbocycles. The van der Waals surface area contributed by atoms with Gasteiger partial charge in [0.2, 0.25) is 0 Å². The van der Waals surface area contributed by atoms with E-state index in [1.807, 2.05) is 42.4 Å². The van der Waals surface area contributed by atoms with Gasteiger partial charge >= 0.3 is 0 Å². The summed E-state index contributed by atoms with van der Waals surface area (Å²) < 4.78 is 0. The van der Waals surface area contributed by atoms with E-state index >= 15 is 0 Å². The van der Waals surface area contributed by atoms with E-state index in [1.54, 1.807) is 6.20 Å². The van der Waals surface area contributed by atoms with E-state index in [1.165, 1.54) is 5.56 Å². The lowest BCUT2D eigenvalue weighted by molar-refractivity contribution is 0.0643. The van der Waals surface area contributed by atoms with E-state index in [4.69, 9.17) is 0 Å². The zero-order chi connectivity index (χ0) is 17.6. The number of nitrogens with zero attached hydrogens (tertiary/aromatic N) is 4. The molecule has 0 radical (unpaired) electrons. The number of hydrogen-bond donors (Lipinski definition) is 0. The third-order valence-electron chi connectivity index (χ3n) is 4.78. The van der Waals surface area contributed by atoms with Crippen LogP contribution in [0.2, 0.25) is 0 Å². The first kappa shape index (κ1) is 17.4. The van der Waals surface area contributed by atoms with Gasteiger partial charge < -0.3 is 14.7 Å². The molecular formula is C20H26N4O. The van der Waals surface area contributed by atoms with Crippen LogP contribution in [0.1, 0.15) is 22.8 Å². The van der Waals surface area contributed by atoms with E-state index < -0.39 is 0 Å². The Kier molecular flexibility index (Phi) is 5.66. The zero-order valence-corrected chi connectivity index (χ0v) is 15.1. The number of amides is 1. The number of aromatic nitrogens is 1. The highest BCUT2D eigenvalue weighted by Crippen LogP contribution is 2.17. The van der Waals surface area contributed by atoms with Crippen LogP contribution in [0.25, 0.3) is 0 Å². The van der Waals surface area contributed by atoms with Crippen LogP contribution in [-0.4, -0.2) is 60.5 Å². The second-order valence-electron chi connectivity index (χ2n) is 6.50. The summed E-state index contributed by atoms with van der Waals surface area (Å²) in [6.45, 7) is 7.46. The van der Waals surface area contributed by atoms with Crippen LogP contribution < -0.4 is 4.90 Å². The van der Waals surface area contributed by atoms with Crippen molar-refractivity contribution in [2.24, 2.45) is 0 Å². The number of carbonyl (C=O) groups excluding carboxylic acids is 1. The van der Waals surface area contributed by atoms with Crippen LogP contribution in [0.5, 0.6) is 0 Å². The highest BCUT2D eigenvalue weighted by molar-refractivity contribution is 5.94. The number of likely N-dealkylation sites (N-methyl/N-ethyl adjacent to an activating group) is 1. The standard InChI is InChI=1S/C20H26N4O/c1-3-23-9-11-24(12-10-23)20(25)18-13-19(15-21-14-18)22(2)16-17-7-5-4-6-8-17/h4-8,13-15H,3,9-12,16H2,1-2H3. The summed E-state index contributed by atoms with van der Waals surface area (Å²) in [7, 11) is 2.03. The molecule has 1 saturated heterocycles. The molecular weight excluding hydrogens is 312 g/mol. The topological polar surface area (TPSA) is 39.7 Å². The zero-order valence-electron chi connectivity index (χ0n) is 15.1.